The zero-order valence-corrected chi connectivity index (χ0v) is 14.4. The van der Waals surface area contributed by atoms with E-state index in [-0.39, 0.29) is 12.6 Å². The van der Waals surface area contributed by atoms with Crippen LogP contribution < -0.4 is 15.0 Å². The Bertz CT molecular complexity index is 720. The molecule has 1 aromatic carbocycles. The Hall–Kier alpha value is -2.34. The SMILES string of the molecule is COc1ccc2c(c1)CCN(c1cc(C)nc(N[C@@H](C)CO)n1)C2. The summed E-state index contributed by atoms with van der Waals surface area (Å²) < 4.78 is 5.31. The van der Waals surface area contributed by atoms with Crippen LogP contribution in [0.4, 0.5) is 11.8 Å². The topological polar surface area (TPSA) is 70.5 Å². The summed E-state index contributed by atoms with van der Waals surface area (Å²) in [4.78, 5) is 11.3. The van der Waals surface area contributed by atoms with Crippen LogP contribution in [0.1, 0.15) is 23.7 Å². The Kier molecular flexibility index (Phi) is 4.85. The number of aliphatic hydroxyl groups excluding tert-OH is 1. The van der Waals surface area contributed by atoms with Gasteiger partial charge in [0.15, 0.2) is 0 Å². The number of aryl methyl sites for hydroxylation is 1. The van der Waals surface area contributed by atoms with E-state index < -0.39 is 0 Å². The van der Waals surface area contributed by atoms with Crippen LogP contribution in [0.25, 0.3) is 0 Å². The predicted molar refractivity (Wildman–Crippen MR) is 94.7 cm³/mol. The van der Waals surface area contributed by atoms with E-state index in [1.807, 2.05) is 26.0 Å². The van der Waals surface area contributed by atoms with Gasteiger partial charge in [0.2, 0.25) is 5.95 Å². The highest BCUT2D eigenvalue weighted by atomic mass is 16.5. The van der Waals surface area contributed by atoms with Gasteiger partial charge in [-0.3, -0.25) is 0 Å². The quantitative estimate of drug-likeness (QED) is 0.876. The van der Waals surface area contributed by atoms with Gasteiger partial charge in [-0.15, -0.1) is 0 Å². The van der Waals surface area contributed by atoms with Crippen molar-refractivity contribution in [1.82, 2.24) is 9.97 Å². The van der Waals surface area contributed by atoms with Gasteiger partial charge in [0, 0.05) is 30.9 Å². The summed E-state index contributed by atoms with van der Waals surface area (Å²) in [5.74, 6) is 2.38. The minimum atomic E-state index is -0.0748. The van der Waals surface area contributed by atoms with Gasteiger partial charge in [-0.2, -0.15) is 4.98 Å². The molecule has 0 spiro atoms. The van der Waals surface area contributed by atoms with Crippen molar-refractivity contribution in [3.63, 3.8) is 0 Å². The summed E-state index contributed by atoms with van der Waals surface area (Å²) in [6.07, 6.45) is 0.964. The van der Waals surface area contributed by atoms with Crippen molar-refractivity contribution in [2.24, 2.45) is 0 Å². The molecular weight excluding hydrogens is 304 g/mol. The third-order valence-electron chi connectivity index (χ3n) is 4.24. The van der Waals surface area contributed by atoms with Crippen LogP contribution in [0.5, 0.6) is 5.75 Å². The van der Waals surface area contributed by atoms with Crippen LogP contribution in [-0.2, 0) is 13.0 Å². The van der Waals surface area contributed by atoms with E-state index >= 15 is 0 Å². The molecule has 3 rings (SSSR count). The molecular formula is C18H24N4O2. The van der Waals surface area contributed by atoms with Crippen LogP contribution >= 0.6 is 0 Å². The molecule has 0 aliphatic carbocycles. The molecule has 0 amide bonds. The summed E-state index contributed by atoms with van der Waals surface area (Å²) in [5.41, 5.74) is 3.55. The molecule has 1 aromatic heterocycles. The van der Waals surface area contributed by atoms with E-state index in [4.69, 9.17) is 4.74 Å². The number of nitrogens with one attached hydrogen (secondary N) is 1. The third kappa shape index (κ3) is 3.59. The molecule has 2 N–H and O–H groups in total. The number of aliphatic hydroxyl groups is 1. The van der Waals surface area contributed by atoms with Crippen LogP contribution in [0.15, 0.2) is 24.3 Å². The van der Waals surface area contributed by atoms with Gasteiger partial charge in [-0.1, -0.05) is 6.07 Å². The first-order valence-electron chi connectivity index (χ1n) is 8.23. The Morgan fingerprint density at radius 3 is 2.88 bits per heavy atom. The minimum Gasteiger partial charge on any atom is -0.497 e. The van der Waals surface area contributed by atoms with Crippen molar-refractivity contribution in [2.75, 3.05) is 30.5 Å². The molecule has 0 saturated carbocycles. The second-order valence-electron chi connectivity index (χ2n) is 6.23. The maximum absolute atomic E-state index is 9.20. The second-order valence-corrected chi connectivity index (χ2v) is 6.23. The van der Waals surface area contributed by atoms with Crippen molar-refractivity contribution in [3.05, 3.63) is 41.1 Å². The van der Waals surface area contributed by atoms with Gasteiger partial charge in [0.25, 0.3) is 0 Å². The Morgan fingerprint density at radius 2 is 2.12 bits per heavy atom. The van der Waals surface area contributed by atoms with Crippen LogP contribution in [0.2, 0.25) is 0 Å². The van der Waals surface area contributed by atoms with Crippen LogP contribution in [-0.4, -0.2) is 41.4 Å². The van der Waals surface area contributed by atoms with Crippen molar-refractivity contribution < 1.29 is 9.84 Å². The van der Waals surface area contributed by atoms with Crippen LogP contribution in [0, 0.1) is 6.92 Å². The van der Waals surface area contributed by atoms with Gasteiger partial charge in [-0.25, -0.2) is 4.98 Å². The van der Waals surface area contributed by atoms with E-state index in [1.165, 1.54) is 11.1 Å². The molecule has 0 unspecified atom stereocenters. The number of nitrogens with zero attached hydrogens (tertiary/aromatic N) is 3. The number of ether oxygens (including phenoxy) is 1. The van der Waals surface area contributed by atoms with E-state index in [0.29, 0.717) is 5.95 Å². The number of methoxy groups -OCH3 is 1. The maximum atomic E-state index is 9.20. The fraction of sp³-hybridized carbons (Fsp3) is 0.444. The first-order valence-corrected chi connectivity index (χ1v) is 8.23. The Balaban J connectivity index is 1.82. The highest BCUT2D eigenvalue weighted by Crippen LogP contribution is 2.27. The molecule has 6 nitrogen and oxygen atoms in total. The lowest BCUT2D eigenvalue weighted by Gasteiger charge is -2.30. The third-order valence-corrected chi connectivity index (χ3v) is 4.24. The number of hydrogen-bond donors (Lipinski definition) is 2. The average molecular weight is 328 g/mol. The zero-order chi connectivity index (χ0) is 17.1. The smallest absolute Gasteiger partial charge is 0.225 e. The van der Waals surface area contributed by atoms with Crippen molar-refractivity contribution >= 4 is 11.8 Å². The second kappa shape index (κ2) is 7.05. The van der Waals surface area contributed by atoms with Crippen molar-refractivity contribution in [3.8, 4) is 5.75 Å². The average Bonchev–Trinajstić information content (AvgIpc) is 2.60. The Morgan fingerprint density at radius 1 is 1.29 bits per heavy atom. The number of fused-ring (bicyclic) bond motifs is 1. The lowest BCUT2D eigenvalue weighted by Crippen LogP contribution is -2.31. The molecule has 0 bridgehead atoms. The number of anilines is 2. The fourth-order valence-electron chi connectivity index (χ4n) is 2.90. The summed E-state index contributed by atoms with van der Waals surface area (Å²) in [6, 6.07) is 8.18. The number of rotatable bonds is 5. The molecule has 6 heteroatoms. The summed E-state index contributed by atoms with van der Waals surface area (Å²) in [5, 5.41) is 12.3. The number of benzene rings is 1. The molecule has 1 aliphatic rings. The zero-order valence-electron chi connectivity index (χ0n) is 14.4. The van der Waals surface area contributed by atoms with E-state index in [1.54, 1.807) is 7.11 Å². The minimum absolute atomic E-state index is 0.0472. The summed E-state index contributed by atoms with van der Waals surface area (Å²) in [6.45, 7) is 5.64. The first-order chi connectivity index (χ1) is 11.6. The Labute approximate surface area is 142 Å². The molecule has 24 heavy (non-hydrogen) atoms. The molecule has 0 radical (unpaired) electrons. The summed E-state index contributed by atoms with van der Waals surface area (Å²) >= 11 is 0. The largest absolute Gasteiger partial charge is 0.497 e. The van der Waals surface area contributed by atoms with Gasteiger partial charge < -0.3 is 20.1 Å². The lowest BCUT2D eigenvalue weighted by atomic mass is 9.99. The molecule has 128 valence electrons. The fourth-order valence-corrected chi connectivity index (χ4v) is 2.90. The maximum Gasteiger partial charge on any atom is 0.225 e. The summed E-state index contributed by atoms with van der Waals surface area (Å²) in [7, 11) is 1.70. The van der Waals surface area contributed by atoms with Gasteiger partial charge in [0.05, 0.1) is 13.7 Å². The molecule has 2 aromatic rings. The first kappa shape index (κ1) is 16.5. The highest BCUT2D eigenvalue weighted by Gasteiger charge is 2.19. The van der Waals surface area contributed by atoms with Crippen molar-refractivity contribution in [1.29, 1.82) is 0 Å². The monoisotopic (exact) mass is 328 g/mol. The normalized spacial score (nSPS) is 14.9. The van der Waals surface area contributed by atoms with Crippen LogP contribution in [0.3, 0.4) is 0 Å². The number of hydrogen-bond acceptors (Lipinski definition) is 6. The molecule has 2 heterocycles. The van der Waals surface area contributed by atoms with E-state index in [2.05, 4.69) is 32.3 Å². The predicted octanol–water partition coefficient (Wildman–Crippen LogP) is 2.15. The molecule has 0 saturated heterocycles. The van der Waals surface area contributed by atoms with Gasteiger partial charge in [-0.05, 0) is 43.5 Å². The highest BCUT2D eigenvalue weighted by molar-refractivity contribution is 5.49. The molecule has 0 fully saturated rings. The molecule has 1 aliphatic heterocycles. The lowest BCUT2D eigenvalue weighted by molar-refractivity contribution is 0.281. The number of aromatic nitrogens is 2. The van der Waals surface area contributed by atoms with Gasteiger partial charge in [0.1, 0.15) is 11.6 Å². The molecule has 1 atom stereocenters. The van der Waals surface area contributed by atoms with E-state index in [0.717, 1.165) is 36.8 Å². The van der Waals surface area contributed by atoms with E-state index in [9.17, 15) is 5.11 Å². The van der Waals surface area contributed by atoms with Crippen molar-refractivity contribution in [2.45, 2.75) is 32.9 Å². The standard InChI is InChI=1S/C18H24N4O2/c1-12-8-17(21-18(19-12)20-13(2)11-23)22-7-6-14-9-16(24-3)5-4-15(14)10-22/h4-5,8-9,13,23H,6-7,10-11H2,1-3H3,(H,19,20,21)/t13-/m0/s1. The van der Waals surface area contributed by atoms with Gasteiger partial charge >= 0.3 is 0 Å².